The molecule has 2 aromatic carbocycles. The van der Waals surface area contributed by atoms with Crippen molar-refractivity contribution in [2.75, 3.05) is 44.4 Å². The Morgan fingerprint density at radius 3 is 2.09 bits per heavy atom. The quantitative estimate of drug-likeness (QED) is 0.550. The number of aromatic nitrogens is 2. The Morgan fingerprint density at radius 1 is 0.853 bits per heavy atom. The minimum Gasteiger partial charge on any atom is -0.487 e. The Labute approximate surface area is 200 Å². The zero-order valence-corrected chi connectivity index (χ0v) is 19.7. The minimum absolute atomic E-state index is 0.0631. The molecule has 0 N–H and O–H groups in total. The van der Waals surface area contributed by atoms with Crippen LogP contribution in [0.1, 0.15) is 35.2 Å². The van der Waals surface area contributed by atoms with E-state index in [0.717, 1.165) is 56.5 Å². The van der Waals surface area contributed by atoms with Crippen molar-refractivity contribution in [1.82, 2.24) is 9.97 Å². The average Bonchev–Trinajstić information content (AvgIpc) is 2.83. The zero-order valence-electron chi connectivity index (χ0n) is 19.7. The average molecular weight is 458 g/mol. The summed E-state index contributed by atoms with van der Waals surface area (Å²) in [5.74, 6) is 1.64. The predicted molar refractivity (Wildman–Crippen MR) is 130 cm³/mol. The molecule has 0 saturated carbocycles. The first-order chi connectivity index (χ1) is 16.6. The van der Waals surface area contributed by atoms with Gasteiger partial charge in [-0.15, -0.1) is 0 Å². The van der Waals surface area contributed by atoms with E-state index in [9.17, 15) is 0 Å². The molecule has 3 saturated heterocycles. The lowest BCUT2D eigenvalue weighted by Gasteiger charge is -2.47. The van der Waals surface area contributed by atoms with Gasteiger partial charge in [-0.2, -0.15) is 0 Å². The van der Waals surface area contributed by atoms with E-state index in [1.165, 1.54) is 16.7 Å². The summed E-state index contributed by atoms with van der Waals surface area (Å²) in [5.41, 5.74) is 5.08. The molecule has 3 fully saturated rings. The second kappa shape index (κ2) is 8.67. The van der Waals surface area contributed by atoms with Gasteiger partial charge in [0.25, 0.3) is 0 Å². The van der Waals surface area contributed by atoms with Crippen molar-refractivity contribution < 1.29 is 14.2 Å². The number of anilines is 1. The molecule has 4 heterocycles. The van der Waals surface area contributed by atoms with Crippen molar-refractivity contribution in [3.8, 4) is 5.75 Å². The molecule has 6 rings (SSSR count). The van der Waals surface area contributed by atoms with Crippen molar-refractivity contribution in [3.05, 3.63) is 83.2 Å². The third kappa shape index (κ3) is 3.95. The fraction of sp³-hybridized carbons (Fsp3) is 0.429. The zero-order chi connectivity index (χ0) is 23.0. The van der Waals surface area contributed by atoms with Gasteiger partial charge in [-0.25, -0.2) is 9.97 Å². The van der Waals surface area contributed by atoms with Crippen LogP contribution < -0.4 is 9.64 Å². The molecule has 3 aliphatic heterocycles. The third-order valence-electron chi connectivity index (χ3n) is 7.72. The fourth-order valence-electron chi connectivity index (χ4n) is 5.18. The van der Waals surface area contributed by atoms with E-state index in [0.29, 0.717) is 25.2 Å². The van der Waals surface area contributed by atoms with Crippen LogP contribution in [0.3, 0.4) is 0 Å². The maximum atomic E-state index is 6.08. The van der Waals surface area contributed by atoms with E-state index < -0.39 is 0 Å². The highest BCUT2D eigenvalue weighted by molar-refractivity contribution is 5.44. The molecule has 0 atom stereocenters. The summed E-state index contributed by atoms with van der Waals surface area (Å²) in [6.07, 6.45) is 4.14. The van der Waals surface area contributed by atoms with Crippen molar-refractivity contribution in [2.24, 2.45) is 5.41 Å². The van der Waals surface area contributed by atoms with Crippen LogP contribution in [0.5, 0.6) is 5.75 Å². The number of ether oxygens (including phenoxy) is 3. The molecule has 0 bridgehead atoms. The molecule has 6 heteroatoms. The molecular weight excluding hydrogens is 426 g/mol. The second-order valence-electron chi connectivity index (χ2n) is 10.1. The van der Waals surface area contributed by atoms with Gasteiger partial charge < -0.3 is 19.1 Å². The first-order valence-electron chi connectivity index (χ1n) is 12.2. The van der Waals surface area contributed by atoms with Crippen molar-refractivity contribution in [1.29, 1.82) is 0 Å². The summed E-state index contributed by atoms with van der Waals surface area (Å²) in [5, 5.41) is 0. The molecule has 1 aromatic heterocycles. The van der Waals surface area contributed by atoms with Gasteiger partial charge in [0.1, 0.15) is 12.4 Å². The molecule has 0 radical (unpaired) electrons. The topological polar surface area (TPSA) is 56.7 Å². The molecule has 34 heavy (non-hydrogen) atoms. The molecule has 3 aromatic rings. The Hall–Kier alpha value is -2.96. The molecule has 0 amide bonds. The lowest BCUT2D eigenvalue weighted by Crippen LogP contribution is -2.51. The van der Waals surface area contributed by atoms with Gasteiger partial charge in [-0.1, -0.05) is 42.0 Å². The van der Waals surface area contributed by atoms with E-state index in [-0.39, 0.29) is 5.41 Å². The molecule has 0 unspecified atom stereocenters. The number of nitrogens with zero attached hydrogens (tertiary/aromatic N) is 3. The number of hydrogen-bond donors (Lipinski definition) is 0. The van der Waals surface area contributed by atoms with Crippen molar-refractivity contribution >= 4 is 5.95 Å². The van der Waals surface area contributed by atoms with Gasteiger partial charge in [-0.3, -0.25) is 0 Å². The summed E-state index contributed by atoms with van der Waals surface area (Å²) >= 11 is 0. The highest BCUT2D eigenvalue weighted by atomic mass is 16.5. The van der Waals surface area contributed by atoms with Gasteiger partial charge in [0.05, 0.1) is 37.5 Å². The molecule has 1 spiro atoms. The normalized spacial score (nSPS) is 20.4. The Morgan fingerprint density at radius 2 is 1.50 bits per heavy atom. The summed E-state index contributed by atoms with van der Waals surface area (Å²) in [6, 6.07) is 19.1. The van der Waals surface area contributed by atoms with Gasteiger partial charge in [0.15, 0.2) is 0 Å². The van der Waals surface area contributed by atoms with Crippen LogP contribution in [0.15, 0.2) is 60.8 Å². The number of hydrogen-bond acceptors (Lipinski definition) is 6. The van der Waals surface area contributed by atoms with E-state index in [1.54, 1.807) is 0 Å². The first kappa shape index (κ1) is 21.6. The second-order valence-corrected chi connectivity index (χ2v) is 10.1. The molecular formula is C28H31N3O3. The minimum atomic E-state index is -0.0631. The van der Waals surface area contributed by atoms with E-state index in [4.69, 9.17) is 19.2 Å². The van der Waals surface area contributed by atoms with Crippen LogP contribution in [0.25, 0.3) is 0 Å². The summed E-state index contributed by atoms with van der Waals surface area (Å²) in [4.78, 5) is 11.6. The first-order valence-corrected chi connectivity index (χ1v) is 12.2. The molecule has 6 nitrogen and oxygen atoms in total. The van der Waals surface area contributed by atoms with E-state index in [1.807, 2.05) is 12.3 Å². The maximum absolute atomic E-state index is 6.08. The van der Waals surface area contributed by atoms with Crippen LogP contribution >= 0.6 is 0 Å². The number of aryl methyl sites for hydroxylation is 1. The van der Waals surface area contributed by atoms with Crippen LogP contribution in [0.2, 0.25) is 0 Å². The lowest BCUT2D eigenvalue weighted by atomic mass is 9.73. The Kier molecular flexibility index (Phi) is 5.50. The smallest absolute Gasteiger partial charge is 0.225 e. The molecule has 176 valence electrons. The number of rotatable bonds is 6. The Bertz CT molecular complexity index is 1130. The highest BCUT2D eigenvalue weighted by Gasteiger charge is 2.42. The molecule has 3 aliphatic rings. The van der Waals surface area contributed by atoms with Gasteiger partial charge >= 0.3 is 0 Å². The largest absolute Gasteiger partial charge is 0.487 e. The number of piperidine rings is 1. The van der Waals surface area contributed by atoms with Crippen LogP contribution in [-0.2, 0) is 21.5 Å². The fourth-order valence-corrected chi connectivity index (χ4v) is 5.18. The third-order valence-corrected chi connectivity index (χ3v) is 7.72. The van der Waals surface area contributed by atoms with Gasteiger partial charge in [-0.05, 0) is 49.1 Å². The van der Waals surface area contributed by atoms with E-state index in [2.05, 4.69) is 65.3 Å². The Balaban J connectivity index is 1.10. The summed E-state index contributed by atoms with van der Waals surface area (Å²) in [7, 11) is 0. The van der Waals surface area contributed by atoms with Crippen molar-refractivity contribution in [3.63, 3.8) is 0 Å². The van der Waals surface area contributed by atoms with E-state index >= 15 is 0 Å². The van der Waals surface area contributed by atoms with Crippen LogP contribution in [0.4, 0.5) is 5.95 Å². The van der Waals surface area contributed by atoms with Gasteiger partial charge in [0.2, 0.25) is 5.95 Å². The van der Waals surface area contributed by atoms with Crippen molar-refractivity contribution in [2.45, 2.75) is 31.8 Å². The predicted octanol–water partition coefficient (Wildman–Crippen LogP) is 4.30. The van der Waals surface area contributed by atoms with Crippen LogP contribution in [0, 0.1) is 12.3 Å². The number of benzene rings is 2. The van der Waals surface area contributed by atoms with Gasteiger partial charge in [0, 0.05) is 24.7 Å². The highest BCUT2D eigenvalue weighted by Crippen LogP contribution is 2.40. The lowest BCUT2D eigenvalue weighted by molar-refractivity contribution is -0.124. The summed E-state index contributed by atoms with van der Waals surface area (Å²) < 4.78 is 17.2. The monoisotopic (exact) mass is 457 g/mol. The standard InChI is InChI=1S/C28H31N3O3/c1-21-2-4-22(5-3-21)28(19-33-20-28)23-6-8-25(9-7-23)34-16-24-10-13-29-26(30-24)31-14-11-27(12-15-31)17-32-18-27/h2-10,13H,11-12,14-20H2,1H3. The summed E-state index contributed by atoms with van der Waals surface area (Å²) in [6.45, 7) is 7.76. The SMILES string of the molecule is Cc1ccc(C2(c3ccc(OCc4ccnc(N5CCC6(CC5)COC6)n4)cc3)COC2)cc1. The van der Waals surface area contributed by atoms with Crippen LogP contribution in [-0.4, -0.2) is 49.5 Å². The maximum Gasteiger partial charge on any atom is 0.225 e. The molecule has 0 aliphatic carbocycles.